The normalized spacial score (nSPS) is 14.0. The second-order valence-corrected chi connectivity index (χ2v) is 5.36. The van der Waals surface area contributed by atoms with Crippen molar-refractivity contribution in [2.45, 2.75) is 60.8 Å². The maximum Gasteiger partial charge on any atom is 0.141 e. The maximum atomic E-state index is 11.2. The monoisotopic (exact) mass is 368 g/mol. The molecule has 1 aliphatic heterocycles. The van der Waals surface area contributed by atoms with E-state index < -0.39 is 0 Å². The zero-order valence-corrected chi connectivity index (χ0v) is 17.3. The van der Waals surface area contributed by atoms with Crippen LogP contribution in [0.5, 0.6) is 5.75 Å². The molecule has 1 unspecified atom stereocenters. The molecule has 0 aliphatic carbocycles. The van der Waals surface area contributed by atoms with E-state index in [0.717, 1.165) is 28.9 Å². The summed E-state index contributed by atoms with van der Waals surface area (Å²) < 4.78 is 0. The van der Waals surface area contributed by atoms with Gasteiger partial charge in [-0.15, -0.1) is 11.6 Å². The second kappa shape index (κ2) is 11.8. The van der Waals surface area contributed by atoms with Crippen LogP contribution in [0.4, 0.5) is 5.69 Å². The van der Waals surface area contributed by atoms with Gasteiger partial charge in [-0.3, -0.25) is 4.79 Å². The van der Waals surface area contributed by atoms with Gasteiger partial charge in [0.1, 0.15) is 11.5 Å². The third-order valence-corrected chi connectivity index (χ3v) is 3.94. The van der Waals surface area contributed by atoms with Crippen LogP contribution in [0.15, 0.2) is 12.1 Å². The number of benzene rings is 1. The van der Waals surface area contributed by atoms with Crippen molar-refractivity contribution in [3.8, 4) is 5.75 Å². The lowest BCUT2D eigenvalue weighted by atomic mass is 9.98. The lowest BCUT2D eigenvalue weighted by Gasteiger charge is -2.07. The van der Waals surface area contributed by atoms with E-state index in [1.54, 1.807) is 13.0 Å². The minimum atomic E-state index is 0.0923. The molecule has 25 heavy (non-hydrogen) atoms. The van der Waals surface area contributed by atoms with Gasteiger partial charge < -0.3 is 15.4 Å². The highest BCUT2D eigenvalue weighted by atomic mass is 35.5. The Morgan fingerprint density at radius 2 is 1.80 bits per heavy atom. The molecular formula is C20H33ClN2O2. The number of halogens is 1. The van der Waals surface area contributed by atoms with Gasteiger partial charge in [-0.25, -0.2) is 0 Å². The van der Waals surface area contributed by atoms with Gasteiger partial charge in [-0.2, -0.15) is 0 Å². The fourth-order valence-corrected chi connectivity index (χ4v) is 3.04. The molecule has 2 heterocycles. The summed E-state index contributed by atoms with van der Waals surface area (Å²) in [4.78, 5) is 14.3. The van der Waals surface area contributed by atoms with Crippen molar-refractivity contribution in [2.75, 3.05) is 17.7 Å². The van der Waals surface area contributed by atoms with E-state index in [4.69, 9.17) is 11.6 Å². The zero-order valence-electron chi connectivity index (χ0n) is 16.6. The molecule has 1 atom stereocenters. The van der Waals surface area contributed by atoms with Crippen LogP contribution in [-0.2, 0) is 11.2 Å². The topological polar surface area (TPSA) is 65.1 Å². The highest BCUT2D eigenvalue weighted by Crippen LogP contribution is 2.42. The van der Waals surface area contributed by atoms with Crippen molar-refractivity contribution >= 4 is 34.0 Å². The average molecular weight is 369 g/mol. The Morgan fingerprint density at radius 1 is 1.20 bits per heavy atom. The fraction of sp³-hybridized carbons (Fsp3) is 0.550. The molecule has 3 N–H and O–H groups in total. The lowest BCUT2D eigenvalue weighted by Crippen LogP contribution is -2.02. The van der Waals surface area contributed by atoms with Crippen LogP contribution in [0.2, 0.25) is 0 Å². The molecule has 5 heteroatoms. The number of carbonyl (C=O) groups excluding carboxylic acids is 1. The summed E-state index contributed by atoms with van der Waals surface area (Å²) in [7, 11) is 0. The number of anilines is 1. The van der Waals surface area contributed by atoms with E-state index in [9.17, 15) is 9.90 Å². The molecule has 1 aromatic carbocycles. The van der Waals surface area contributed by atoms with Gasteiger partial charge >= 0.3 is 0 Å². The summed E-state index contributed by atoms with van der Waals surface area (Å²) >= 11 is 6.00. The molecule has 0 saturated carbocycles. The summed E-state index contributed by atoms with van der Waals surface area (Å²) in [5.41, 5.74) is 3.58. The number of phenolic OH excluding ortho intramolecular Hbond substituents is 1. The van der Waals surface area contributed by atoms with Crippen molar-refractivity contribution < 1.29 is 9.90 Å². The fourth-order valence-electron chi connectivity index (χ4n) is 2.77. The van der Waals surface area contributed by atoms with E-state index in [1.807, 2.05) is 47.6 Å². The van der Waals surface area contributed by atoms with Crippen LogP contribution in [0, 0.1) is 0 Å². The average Bonchev–Trinajstić information content (AvgIpc) is 3.23. The number of phenols is 1. The molecule has 0 radical (unpaired) electrons. The predicted octanol–water partition coefficient (Wildman–Crippen LogP) is 5.83. The number of carbonyl (C=O) groups is 1. The number of fused-ring (bicyclic) bond motifs is 3. The summed E-state index contributed by atoms with van der Waals surface area (Å²) in [5.74, 6) is 1.06. The Balaban J connectivity index is 0.000000871. The van der Waals surface area contributed by atoms with Crippen molar-refractivity contribution in [3.63, 3.8) is 0 Å². The summed E-state index contributed by atoms with van der Waals surface area (Å²) in [6, 6.07) is 3.67. The molecule has 0 amide bonds. The molecule has 1 aromatic heterocycles. The van der Waals surface area contributed by atoms with Crippen molar-refractivity contribution in [2.24, 2.45) is 0 Å². The summed E-state index contributed by atoms with van der Waals surface area (Å²) in [5, 5.41) is 14.3. The van der Waals surface area contributed by atoms with Crippen LogP contribution in [-0.4, -0.2) is 28.3 Å². The number of aromatic amines is 1. The second-order valence-electron chi connectivity index (χ2n) is 5.05. The van der Waals surface area contributed by atoms with Crippen LogP contribution < -0.4 is 5.32 Å². The van der Waals surface area contributed by atoms with Crippen LogP contribution >= 0.6 is 11.6 Å². The number of aromatic nitrogens is 1. The van der Waals surface area contributed by atoms with Gasteiger partial charge in [-0.05, 0) is 18.6 Å². The van der Waals surface area contributed by atoms with Crippen LogP contribution in [0.25, 0.3) is 10.9 Å². The third kappa shape index (κ3) is 5.40. The van der Waals surface area contributed by atoms with Crippen LogP contribution in [0.1, 0.15) is 65.6 Å². The molecule has 0 fully saturated rings. The number of Topliss-reactive ketones (excluding diaryl/α,β-unsaturated/α-hetero) is 1. The standard InChI is InChI=1S/C14H15ClN2O2.3C2H6/c1-7(18)2-9-3-10-13-8(5-15)6-16-11(13)4-12(19)14(10)17-9;3*1-2/h3-4,8,16-17,19H,2,5-6H2,1H3;3*1-2H3. The molecule has 0 spiro atoms. The molecule has 0 bridgehead atoms. The Kier molecular flexibility index (Phi) is 11.0. The number of aromatic hydroxyl groups is 1. The molecule has 1 aliphatic rings. The van der Waals surface area contributed by atoms with Gasteiger partial charge in [0.25, 0.3) is 0 Å². The van der Waals surface area contributed by atoms with Crippen LogP contribution in [0.3, 0.4) is 0 Å². The largest absolute Gasteiger partial charge is 0.506 e. The summed E-state index contributed by atoms with van der Waals surface area (Å²) in [6.45, 7) is 14.3. The molecule has 142 valence electrons. The quantitative estimate of drug-likeness (QED) is 0.597. The van der Waals surface area contributed by atoms with Gasteiger partial charge in [0.15, 0.2) is 0 Å². The Labute approximate surface area is 157 Å². The molecule has 3 rings (SSSR count). The van der Waals surface area contributed by atoms with Gasteiger partial charge in [0, 0.05) is 47.6 Å². The number of hydrogen-bond donors (Lipinski definition) is 3. The van der Waals surface area contributed by atoms with Gasteiger partial charge in [-0.1, -0.05) is 41.5 Å². The van der Waals surface area contributed by atoms with Gasteiger partial charge in [0.2, 0.25) is 0 Å². The molecule has 0 saturated heterocycles. The van der Waals surface area contributed by atoms with E-state index >= 15 is 0 Å². The molecule has 2 aromatic rings. The lowest BCUT2D eigenvalue weighted by molar-refractivity contribution is -0.116. The number of ketones is 1. The Bertz CT molecular complexity index is 665. The number of nitrogens with one attached hydrogen (secondary N) is 2. The zero-order chi connectivity index (χ0) is 19.6. The van der Waals surface area contributed by atoms with E-state index in [1.165, 1.54) is 0 Å². The van der Waals surface area contributed by atoms with E-state index in [-0.39, 0.29) is 17.5 Å². The Hall–Kier alpha value is -1.68. The first-order chi connectivity index (χ1) is 12.1. The van der Waals surface area contributed by atoms with Gasteiger partial charge in [0.05, 0.1) is 5.52 Å². The smallest absolute Gasteiger partial charge is 0.141 e. The minimum Gasteiger partial charge on any atom is -0.506 e. The van der Waals surface area contributed by atoms with E-state index in [2.05, 4.69) is 10.3 Å². The maximum absolute atomic E-state index is 11.2. The Morgan fingerprint density at radius 3 is 2.32 bits per heavy atom. The first kappa shape index (κ1) is 23.3. The van der Waals surface area contributed by atoms with Crippen molar-refractivity contribution in [1.82, 2.24) is 4.98 Å². The van der Waals surface area contributed by atoms with Crippen molar-refractivity contribution in [3.05, 3.63) is 23.4 Å². The summed E-state index contributed by atoms with van der Waals surface area (Å²) in [6.07, 6.45) is 0.349. The number of hydrogen-bond acceptors (Lipinski definition) is 3. The first-order valence-electron chi connectivity index (χ1n) is 9.27. The van der Waals surface area contributed by atoms with Crippen molar-refractivity contribution in [1.29, 1.82) is 0 Å². The minimum absolute atomic E-state index is 0.0923. The predicted molar refractivity (Wildman–Crippen MR) is 110 cm³/mol. The highest BCUT2D eigenvalue weighted by Gasteiger charge is 2.26. The first-order valence-corrected chi connectivity index (χ1v) is 9.80. The number of H-pyrrole nitrogens is 1. The third-order valence-electron chi connectivity index (χ3n) is 3.56. The number of alkyl halides is 1. The molecular weight excluding hydrogens is 336 g/mol. The molecule has 4 nitrogen and oxygen atoms in total. The highest BCUT2D eigenvalue weighted by molar-refractivity contribution is 6.18. The SMILES string of the molecule is CC.CC.CC.CC(=O)Cc1cc2c3c(cc(O)c2[nH]1)NCC3CCl. The number of rotatable bonds is 3. The van der Waals surface area contributed by atoms with E-state index in [0.29, 0.717) is 17.8 Å².